The lowest BCUT2D eigenvalue weighted by molar-refractivity contribution is 0.103. The van der Waals surface area contributed by atoms with E-state index in [1.54, 1.807) is 13.3 Å². The number of benzene rings is 1. The molecule has 0 saturated heterocycles. The fourth-order valence-corrected chi connectivity index (χ4v) is 4.83. The molecule has 0 bridgehead atoms. The Morgan fingerprint density at radius 3 is 2.63 bits per heavy atom. The molecule has 1 saturated carbocycles. The van der Waals surface area contributed by atoms with Crippen LogP contribution >= 0.6 is 11.6 Å². The van der Waals surface area contributed by atoms with Crippen molar-refractivity contribution < 1.29 is 9.47 Å². The topological polar surface area (TPSA) is 62.1 Å². The van der Waals surface area contributed by atoms with Crippen LogP contribution in [-0.4, -0.2) is 39.1 Å². The normalized spacial score (nSPS) is 23.3. The summed E-state index contributed by atoms with van der Waals surface area (Å²) >= 11 is 6.29. The molecule has 2 aromatic heterocycles. The van der Waals surface area contributed by atoms with E-state index in [-0.39, 0.29) is 12.2 Å². The summed E-state index contributed by atoms with van der Waals surface area (Å²) in [5.41, 5.74) is 2.31. The predicted octanol–water partition coefficient (Wildman–Crippen LogP) is 4.53. The summed E-state index contributed by atoms with van der Waals surface area (Å²) in [6, 6.07) is 11.8. The maximum absolute atomic E-state index is 6.29. The average Bonchev–Trinajstić information content (AvgIpc) is 3.11. The molecule has 1 atom stereocenters. The van der Waals surface area contributed by atoms with E-state index >= 15 is 0 Å². The number of methoxy groups -OCH3 is 1. The van der Waals surface area contributed by atoms with Crippen LogP contribution in [0.1, 0.15) is 48.8 Å². The van der Waals surface area contributed by atoms with E-state index in [9.17, 15) is 0 Å². The van der Waals surface area contributed by atoms with E-state index in [1.165, 1.54) is 5.56 Å². The molecule has 0 N–H and O–H groups in total. The minimum atomic E-state index is 0.0722. The van der Waals surface area contributed by atoms with Gasteiger partial charge in [0.25, 0.3) is 0 Å². The number of pyridine rings is 1. The molecule has 3 heterocycles. The molecule has 6 nitrogen and oxygen atoms in total. The van der Waals surface area contributed by atoms with Gasteiger partial charge in [-0.25, -0.2) is 4.98 Å². The quantitative estimate of drug-likeness (QED) is 0.615. The van der Waals surface area contributed by atoms with Crippen LogP contribution in [0, 0.1) is 0 Å². The van der Waals surface area contributed by atoms with Crippen LogP contribution in [0.3, 0.4) is 0 Å². The first-order valence-electron chi connectivity index (χ1n) is 10.5. The zero-order valence-corrected chi connectivity index (χ0v) is 17.8. The zero-order chi connectivity index (χ0) is 20.5. The minimum Gasteiger partial charge on any atom is -0.474 e. The van der Waals surface area contributed by atoms with Crippen LogP contribution in [0.15, 0.2) is 42.6 Å². The Morgan fingerprint density at radius 1 is 1.00 bits per heavy atom. The highest BCUT2D eigenvalue weighted by Gasteiger charge is 2.31. The number of fused-ring (bicyclic) bond motifs is 3. The van der Waals surface area contributed by atoms with Gasteiger partial charge in [0.05, 0.1) is 11.8 Å². The van der Waals surface area contributed by atoms with E-state index in [4.69, 9.17) is 21.1 Å². The Morgan fingerprint density at radius 2 is 1.87 bits per heavy atom. The maximum atomic E-state index is 6.29. The number of nitrogens with zero attached hydrogens (tertiary/aromatic N) is 4. The largest absolute Gasteiger partial charge is 0.474 e. The highest BCUT2D eigenvalue weighted by atomic mass is 35.5. The molecule has 0 spiro atoms. The number of hydrogen-bond donors (Lipinski definition) is 0. The number of hydrogen-bond acceptors (Lipinski definition) is 5. The number of halogens is 1. The summed E-state index contributed by atoms with van der Waals surface area (Å²) in [7, 11) is 1.75. The van der Waals surface area contributed by atoms with Crippen molar-refractivity contribution in [2.75, 3.05) is 7.11 Å². The Bertz CT molecular complexity index is 1020. The third kappa shape index (κ3) is 3.82. The van der Waals surface area contributed by atoms with Crippen molar-refractivity contribution in [2.45, 2.75) is 56.7 Å². The molecule has 1 aliphatic heterocycles. The first kappa shape index (κ1) is 19.5. The van der Waals surface area contributed by atoms with Gasteiger partial charge >= 0.3 is 0 Å². The van der Waals surface area contributed by atoms with Crippen molar-refractivity contribution in [3.63, 3.8) is 0 Å². The first-order valence-corrected chi connectivity index (χ1v) is 10.9. The SMILES string of the molecule is COC1Cc2cc(Cl)ccc2-n2c(nnc2C2CCC(Oc3ccccn3)CC2)C1. The number of ether oxygens (including phenoxy) is 2. The fraction of sp³-hybridized carbons (Fsp3) is 0.435. The summed E-state index contributed by atoms with van der Waals surface area (Å²) < 4.78 is 14.0. The van der Waals surface area contributed by atoms with Crippen LogP contribution < -0.4 is 4.74 Å². The summed E-state index contributed by atoms with van der Waals surface area (Å²) in [5.74, 6) is 3.07. The molecule has 7 heteroatoms. The fourth-order valence-electron chi connectivity index (χ4n) is 4.64. The second-order valence-electron chi connectivity index (χ2n) is 8.11. The highest BCUT2D eigenvalue weighted by molar-refractivity contribution is 6.30. The van der Waals surface area contributed by atoms with Crippen molar-refractivity contribution in [1.82, 2.24) is 19.7 Å². The minimum absolute atomic E-state index is 0.0722. The monoisotopic (exact) mass is 424 g/mol. The molecule has 2 aliphatic rings. The Labute approximate surface area is 181 Å². The lowest BCUT2D eigenvalue weighted by Crippen LogP contribution is -2.25. The van der Waals surface area contributed by atoms with Crippen molar-refractivity contribution in [2.24, 2.45) is 0 Å². The van der Waals surface area contributed by atoms with Gasteiger partial charge in [0.2, 0.25) is 5.88 Å². The van der Waals surface area contributed by atoms with Crippen molar-refractivity contribution >= 4 is 11.6 Å². The van der Waals surface area contributed by atoms with Crippen LogP contribution in [-0.2, 0) is 17.6 Å². The molecule has 5 rings (SSSR count). The molecule has 30 heavy (non-hydrogen) atoms. The van der Waals surface area contributed by atoms with Gasteiger partial charge in [-0.15, -0.1) is 10.2 Å². The van der Waals surface area contributed by atoms with Crippen LogP contribution in [0.4, 0.5) is 0 Å². The molecule has 1 aromatic carbocycles. The second-order valence-corrected chi connectivity index (χ2v) is 8.54. The summed E-state index contributed by atoms with van der Waals surface area (Å²) in [6.07, 6.45) is 7.61. The zero-order valence-electron chi connectivity index (χ0n) is 17.0. The molecule has 156 valence electrons. The maximum Gasteiger partial charge on any atom is 0.213 e. The van der Waals surface area contributed by atoms with Gasteiger partial charge < -0.3 is 9.47 Å². The van der Waals surface area contributed by atoms with Crippen LogP contribution in [0.2, 0.25) is 5.02 Å². The molecule has 0 radical (unpaired) electrons. The molecular formula is C23H25ClN4O2. The smallest absolute Gasteiger partial charge is 0.213 e. The Hall–Kier alpha value is -2.44. The predicted molar refractivity (Wildman–Crippen MR) is 114 cm³/mol. The van der Waals surface area contributed by atoms with Gasteiger partial charge in [-0.05, 0) is 55.5 Å². The summed E-state index contributed by atoms with van der Waals surface area (Å²) in [4.78, 5) is 4.29. The summed E-state index contributed by atoms with van der Waals surface area (Å²) in [6.45, 7) is 0. The molecule has 1 fully saturated rings. The third-order valence-corrected chi connectivity index (χ3v) is 6.43. The molecule has 1 aliphatic carbocycles. The van der Waals surface area contributed by atoms with Gasteiger partial charge in [0, 0.05) is 43.2 Å². The molecular weight excluding hydrogens is 400 g/mol. The molecule has 3 aromatic rings. The van der Waals surface area contributed by atoms with Crippen molar-refractivity contribution in [3.05, 3.63) is 64.8 Å². The Balaban J connectivity index is 1.39. The third-order valence-electron chi connectivity index (χ3n) is 6.19. The Kier molecular flexibility index (Phi) is 5.44. The number of rotatable bonds is 4. The van der Waals surface area contributed by atoms with Crippen LogP contribution in [0.25, 0.3) is 5.69 Å². The van der Waals surface area contributed by atoms with Crippen molar-refractivity contribution in [1.29, 1.82) is 0 Å². The van der Waals surface area contributed by atoms with E-state index in [0.29, 0.717) is 11.8 Å². The standard InChI is InChI=1S/C23H25ClN4O2/c1-29-19-13-16-12-17(24)7-10-20(16)28-21(14-19)26-27-23(28)15-5-8-18(9-6-15)30-22-4-2-3-11-25-22/h2-4,7,10-12,15,18-19H,5-6,8-9,13-14H2,1H3. The van der Waals surface area contributed by atoms with Crippen LogP contribution in [0.5, 0.6) is 5.88 Å². The van der Waals surface area contributed by atoms with E-state index in [1.807, 2.05) is 30.3 Å². The van der Waals surface area contributed by atoms with Gasteiger partial charge in [0.15, 0.2) is 0 Å². The summed E-state index contributed by atoms with van der Waals surface area (Å²) in [5, 5.41) is 9.93. The van der Waals surface area contributed by atoms with Gasteiger partial charge in [0.1, 0.15) is 17.8 Å². The lowest BCUT2D eigenvalue weighted by atomic mass is 9.86. The van der Waals surface area contributed by atoms with Gasteiger partial charge in [-0.1, -0.05) is 17.7 Å². The van der Waals surface area contributed by atoms with E-state index < -0.39 is 0 Å². The number of aromatic nitrogens is 4. The highest BCUT2D eigenvalue weighted by Crippen LogP contribution is 2.37. The van der Waals surface area contributed by atoms with Crippen molar-refractivity contribution in [3.8, 4) is 11.6 Å². The lowest BCUT2D eigenvalue weighted by Gasteiger charge is -2.28. The molecule has 1 unspecified atom stereocenters. The first-order chi connectivity index (χ1) is 14.7. The average molecular weight is 425 g/mol. The van der Waals surface area contributed by atoms with E-state index in [0.717, 1.165) is 60.9 Å². The van der Waals surface area contributed by atoms with Gasteiger partial charge in [-0.2, -0.15) is 0 Å². The van der Waals surface area contributed by atoms with E-state index in [2.05, 4.69) is 25.8 Å². The molecule has 0 amide bonds. The second kappa shape index (κ2) is 8.36. The van der Waals surface area contributed by atoms with Gasteiger partial charge in [-0.3, -0.25) is 4.57 Å².